The van der Waals surface area contributed by atoms with Gasteiger partial charge in [0, 0.05) is 12.7 Å². The van der Waals surface area contributed by atoms with Gasteiger partial charge in [0.05, 0.1) is 13.1 Å². The monoisotopic (exact) mass is 254 g/mol. The molecule has 5 heteroatoms. The molecule has 3 nitrogen and oxygen atoms in total. The summed E-state index contributed by atoms with van der Waals surface area (Å²) in [5, 5.41) is 0. The van der Waals surface area contributed by atoms with E-state index < -0.39 is 13.0 Å². The van der Waals surface area contributed by atoms with Gasteiger partial charge in [0.25, 0.3) is 12.3 Å². The topological polar surface area (TPSA) is 25.2 Å². The lowest BCUT2D eigenvalue weighted by Crippen LogP contribution is -2.33. The maximum Gasteiger partial charge on any atom is 0.271 e. The van der Waals surface area contributed by atoms with Crippen LogP contribution in [0.3, 0.4) is 0 Å². The first-order valence-electron chi connectivity index (χ1n) is 5.76. The number of hydrogen-bond acceptors (Lipinski definition) is 1. The minimum Gasteiger partial charge on any atom is -0.338 e. The first-order chi connectivity index (χ1) is 8.60. The minimum atomic E-state index is -2.49. The summed E-state index contributed by atoms with van der Waals surface area (Å²) in [6.45, 7) is 2.15. The molecule has 0 spiro atoms. The van der Waals surface area contributed by atoms with Gasteiger partial charge in [0.2, 0.25) is 0 Å². The van der Waals surface area contributed by atoms with Gasteiger partial charge in [-0.25, -0.2) is 8.78 Å². The molecule has 0 bridgehead atoms. The number of halogens is 2. The van der Waals surface area contributed by atoms with E-state index in [1.54, 1.807) is 6.07 Å². The van der Waals surface area contributed by atoms with Crippen molar-refractivity contribution >= 4 is 5.91 Å². The van der Waals surface area contributed by atoms with Crippen LogP contribution in [0.15, 0.2) is 18.3 Å². The highest BCUT2D eigenvalue weighted by atomic mass is 19.3. The van der Waals surface area contributed by atoms with E-state index in [1.807, 2.05) is 6.92 Å². The van der Waals surface area contributed by atoms with Crippen LogP contribution in [0.5, 0.6) is 0 Å². The number of hydrogen-bond donors (Lipinski definition) is 0. The summed E-state index contributed by atoms with van der Waals surface area (Å²) in [7, 11) is 0. The Bertz CT molecular complexity index is 434. The van der Waals surface area contributed by atoms with Gasteiger partial charge in [-0.15, -0.1) is 6.42 Å². The van der Waals surface area contributed by atoms with Crippen LogP contribution in [0.4, 0.5) is 8.78 Å². The number of carbonyl (C=O) groups excluding carboxylic acids is 1. The molecule has 98 valence electrons. The molecule has 1 aromatic heterocycles. The summed E-state index contributed by atoms with van der Waals surface area (Å²) in [5.41, 5.74) is 0.249. The van der Waals surface area contributed by atoms with E-state index >= 15 is 0 Å². The highest BCUT2D eigenvalue weighted by Crippen LogP contribution is 2.10. The van der Waals surface area contributed by atoms with Gasteiger partial charge in [-0.3, -0.25) is 4.79 Å². The Morgan fingerprint density at radius 3 is 2.89 bits per heavy atom. The Labute approximate surface area is 105 Å². The second-order valence-electron chi connectivity index (χ2n) is 3.87. The van der Waals surface area contributed by atoms with Crippen LogP contribution in [-0.2, 0) is 6.54 Å². The number of carbonyl (C=O) groups is 1. The molecule has 1 aromatic rings. The van der Waals surface area contributed by atoms with E-state index in [0.717, 1.165) is 6.42 Å². The molecule has 0 unspecified atom stereocenters. The van der Waals surface area contributed by atoms with Crippen LogP contribution in [0, 0.1) is 12.3 Å². The number of nitrogens with zero attached hydrogens (tertiary/aromatic N) is 2. The van der Waals surface area contributed by atoms with E-state index in [-0.39, 0.29) is 18.1 Å². The molecule has 0 aliphatic heterocycles. The fourth-order valence-corrected chi connectivity index (χ4v) is 1.71. The summed E-state index contributed by atoms with van der Waals surface area (Å²) in [5.74, 6) is 2.10. The zero-order valence-corrected chi connectivity index (χ0v) is 10.3. The van der Waals surface area contributed by atoms with Gasteiger partial charge in [-0.05, 0) is 18.6 Å². The second-order valence-corrected chi connectivity index (χ2v) is 3.87. The molecular formula is C13H16F2N2O. The van der Waals surface area contributed by atoms with Crippen molar-refractivity contribution in [3.05, 3.63) is 24.0 Å². The molecule has 0 radical (unpaired) electrons. The third-order valence-electron chi connectivity index (χ3n) is 2.45. The molecule has 18 heavy (non-hydrogen) atoms. The molecule has 0 aliphatic rings. The summed E-state index contributed by atoms with van der Waals surface area (Å²) >= 11 is 0. The van der Waals surface area contributed by atoms with Gasteiger partial charge >= 0.3 is 0 Å². The Hall–Kier alpha value is -1.83. The largest absolute Gasteiger partial charge is 0.338 e. The van der Waals surface area contributed by atoms with Crippen LogP contribution >= 0.6 is 0 Å². The van der Waals surface area contributed by atoms with E-state index in [1.165, 1.54) is 21.7 Å². The van der Waals surface area contributed by atoms with Crippen molar-refractivity contribution in [2.24, 2.45) is 0 Å². The standard InChI is InChI=1S/C13H16F2N2O/c1-3-7-16(8-4-2)13(18)11-6-5-9-17(11)10-12(14)15/h1,5-6,9,12H,4,7-8,10H2,2H3. The summed E-state index contributed by atoms with van der Waals surface area (Å²) in [6, 6.07) is 3.11. The summed E-state index contributed by atoms with van der Waals surface area (Å²) in [4.78, 5) is 13.6. The van der Waals surface area contributed by atoms with Crippen LogP contribution in [0.25, 0.3) is 0 Å². The molecule has 0 aromatic carbocycles. The predicted molar refractivity (Wildman–Crippen MR) is 65.5 cm³/mol. The summed E-state index contributed by atoms with van der Waals surface area (Å²) in [6.07, 6.45) is 4.95. The molecule has 1 amide bonds. The van der Waals surface area contributed by atoms with E-state index in [9.17, 15) is 13.6 Å². The van der Waals surface area contributed by atoms with Crippen molar-refractivity contribution in [2.45, 2.75) is 26.3 Å². The average Bonchev–Trinajstić information content (AvgIpc) is 2.75. The SMILES string of the molecule is C#CCN(CCC)C(=O)c1cccn1CC(F)F. The second kappa shape index (κ2) is 6.80. The normalized spacial score (nSPS) is 10.4. The Balaban J connectivity index is 2.88. The predicted octanol–water partition coefficient (Wildman–Crippen LogP) is 2.24. The molecule has 0 saturated heterocycles. The summed E-state index contributed by atoms with van der Waals surface area (Å²) < 4.78 is 26.0. The molecule has 0 saturated carbocycles. The smallest absolute Gasteiger partial charge is 0.271 e. The zero-order valence-electron chi connectivity index (χ0n) is 10.3. The van der Waals surface area contributed by atoms with Crippen LogP contribution in [0.2, 0.25) is 0 Å². The molecule has 1 rings (SSSR count). The van der Waals surface area contributed by atoms with E-state index in [4.69, 9.17) is 6.42 Å². The van der Waals surface area contributed by atoms with Crippen molar-refractivity contribution in [1.29, 1.82) is 0 Å². The van der Waals surface area contributed by atoms with Crippen molar-refractivity contribution in [2.75, 3.05) is 13.1 Å². The molecule has 1 heterocycles. The quantitative estimate of drug-likeness (QED) is 0.715. The van der Waals surface area contributed by atoms with Crippen molar-refractivity contribution in [3.63, 3.8) is 0 Å². The third-order valence-corrected chi connectivity index (χ3v) is 2.45. The molecule has 0 atom stereocenters. The lowest BCUT2D eigenvalue weighted by atomic mass is 10.3. The fourth-order valence-electron chi connectivity index (χ4n) is 1.71. The van der Waals surface area contributed by atoms with Gasteiger partial charge in [0.15, 0.2) is 0 Å². The van der Waals surface area contributed by atoms with Crippen molar-refractivity contribution in [3.8, 4) is 12.3 Å². The van der Waals surface area contributed by atoms with Gasteiger partial charge in [-0.1, -0.05) is 12.8 Å². The number of terminal acetylenes is 1. The molecule has 0 fully saturated rings. The number of amides is 1. The number of rotatable bonds is 6. The van der Waals surface area contributed by atoms with Crippen LogP contribution in [0.1, 0.15) is 23.8 Å². The molecular weight excluding hydrogens is 238 g/mol. The van der Waals surface area contributed by atoms with Crippen molar-refractivity contribution < 1.29 is 13.6 Å². The first kappa shape index (κ1) is 14.2. The lowest BCUT2D eigenvalue weighted by Gasteiger charge is -2.20. The highest BCUT2D eigenvalue weighted by molar-refractivity contribution is 5.93. The maximum atomic E-state index is 12.4. The zero-order chi connectivity index (χ0) is 13.5. The fraction of sp³-hybridized carbons (Fsp3) is 0.462. The Morgan fingerprint density at radius 1 is 1.61 bits per heavy atom. The number of alkyl halides is 2. The Kier molecular flexibility index (Phi) is 5.37. The van der Waals surface area contributed by atoms with Crippen LogP contribution < -0.4 is 0 Å². The van der Waals surface area contributed by atoms with Gasteiger partial charge < -0.3 is 9.47 Å². The molecule has 0 N–H and O–H groups in total. The van der Waals surface area contributed by atoms with E-state index in [2.05, 4.69) is 5.92 Å². The van der Waals surface area contributed by atoms with Crippen molar-refractivity contribution in [1.82, 2.24) is 9.47 Å². The average molecular weight is 254 g/mol. The minimum absolute atomic E-state index is 0.187. The maximum absolute atomic E-state index is 12.4. The molecule has 0 aliphatic carbocycles. The van der Waals surface area contributed by atoms with Gasteiger partial charge in [-0.2, -0.15) is 0 Å². The van der Waals surface area contributed by atoms with Gasteiger partial charge in [0.1, 0.15) is 5.69 Å². The Morgan fingerprint density at radius 2 is 2.33 bits per heavy atom. The van der Waals surface area contributed by atoms with E-state index in [0.29, 0.717) is 6.54 Å². The highest BCUT2D eigenvalue weighted by Gasteiger charge is 2.18. The van der Waals surface area contributed by atoms with Crippen LogP contribution in [-0.4, -0.2) is 34.9 Å². The lowest BCUT2D eigenvalue weighted by molar-refractivity contribution is 0.0756. The third kappa shape index (κ3) is 3.59. The first-order valence-corrected chi connectivity index (χ1v) is 5.76. The number of aromatic nitrogens is 1.